The minimum atomic E-state index is -0.203. The summed E-state index contributed by atoms with van der Waals surface area (Å²) in [6.45, 7) is 6.42. The zero-order valence-electron chi connectivity index (χ0n) is 12.6. The van der Waals surface area contributed by atoms with E-state index >= 15 is 0 Å². The summed E-state index contributed by atoms with van der Waals surface area (Å²) in [7, 11) is 0. The quantitative estimate of drug-likeness (QED) is 0.826. The van der Waals surface area contributed by atoms with E-state index in [-0.39, 0.29) is 5.82 Å². The van der Waals surface area contributed by atoms with E-state index in [0.717, 1.165) is 30.0 Å². The Labute approximate surface area is 126 Å². The van der Waals surface area contributed by atoms with Crippen LogP contribution in [-0.4, -0.2) is 6.61 Å². The predicted molar refractivity (Wildman–Crippen MR) is 83.7 cm³/mol. The number of hydrogen-bond donors (Lipinski definition) is 1. The Morgan fingerprint density at radius 2 is 1.71 bits per heavy atom. The van der Waals surface area contributed by atoms with Gasteiger partial charge in [0.1, 0.15) is 11.6 Å². The molecule has 0 bridgehead atoms. The lowest BCUT2D eigenvalue weighted by molar-refractivity contribution is 0.268. The van der Waals surface area contributed by atoms with Gasteiger partial charge < -0.3 is 10.1 Å². The Balaban J connectivity index is 1.89. The lowest BCUT2D eigenvalue weighted by atomic mass is 10.1. The molecule has 112 valence electrons. The number of rotatable bonds is 7. The van der Waals surface area contributed by atoms with Crippen molar-refractivity contribution in [2.75, 3.05) is 6.61 Å². The van der Waals surface area contributed by atoms with Crippen LogP contribution in [0.3, 0.4) is 0 Å². The molecule has 0 aliphatic carbocycles. The summed E-state index contributed by atoms with van der Waals surface area (Å²) in [6.07, 6.45) is 0. The molecule has 2 nitrogen and oxygen atoms in total. The van der Waals surface area contributed by atoms with Gasteiger partial charge in [0.2, 0.25) is 0 Å². The molecular weight excluding hydrogens is 265 g/mol. The molecule has 0 saturated carbocycles. The second-order valence-electron chi connectivity index (χ2n) is 5.54. The molecule has 0 aromatic heterocycles. The molecule has 3 heteroatoms. The number of para-hydroxylation sites is 1. The van der Waals surface area contributed by atoms with Crippen LogP contribution in [-0.2, 0) is 13.1 Å². The third-order valence-corrected chi connectivity index (χ3v) is 3.10. The van der Waals surface area contributed by atoms with Crippen LogP contribution in [0.2, 0.25) is 0 Å². The van der Waals surface area contributed by atoms with Crippen LogP contribution >= 0.6 is 0 Å². The molecule has 0 atom stereocenters. The number of benzene rings is 2. The van der Waals surface area contributed by atoms with E-state index in [1.807, 2.05) is 18.2 Å². The van der Waals surface area contributed by atoms with Crippen molar-refractivity contribution in [2.24, 2.45) is 5.92 Å². The summed E-state index contributed by atoms with van der Waals surface area (Å²) in [5.74, 6) is 1.23. The average Bonchev–Trinajstić information content (AvgIpc) is 2.48. The Hall–Kier alpha value is -1.87. The summed E-state index contributed by atoms with van der Waals surface area (Å²) < 4.78 is 18.7. The second kappa shape index (κ2) is 7.79. The van der Waals surface area contributed by atoms with Crippen LogP contribution in [0.4, 0.5) is 4.39 Å². The Morgan fingerprint density at radius 3 is 2.43 bits per heavy atom. The van der Waals surface area contributed by atoms with E-state index in [9.17, 15) is 4.39 Å². The maximum absolute atomic E-state index is 12.8. The van der Waals surface area contributed by atoms with Crippen molar-refractivity contribution in [3.8, 4) is 5.75 Å². The van der Waals surface area contributed by atoms with E-state index in [1.165, 1.54) is 12.1 Å². The summed E-state index contributed by atoms with van der Waals surface area (Å²) in [5, 5.41) is 3.36. The number of halogens is 1. The molecule has 0 aliphatic heterocycles. The summed E-state index contributed by atoms with van der Waals surface area (Å²) in [6, 6.07) is 14.6. The van der Waals surface area contributed by atoms with Gasteiger partial charge in [0.05, 0.1) is 6.61 Å². The second-order valence-corrected chi connectivity index (χ2v) is 5.54. The maximum atomic E-state index is 12.8. The van der Waals surface area contributed by atoms with Gasteiger partial charge in [-0.3, -0.25) is 0 Å². The lowest BCUT2D eigenvalue weighted by Crippen LogP contribution is -2.14. The lowest BCUT2D eigenvalue weighted by Gasteiger charge is -2.13. The van der Waals surface area contributed by atoms with Gasteiger partial charge in [-0.15, -0.1) is 0 Å². The molecule has 21 heavy (non-hydrogen) atoms. The minimum Gasteiger partial charge on any atom is -0.493 e. The standard InChI is InChI=1S/C18H22FNO/c1-14(2)13-21-18-6-4-3-5-16(18)12-20-11-15-7-9-17(19)10-8-15/h3-10,14,20H,11-13H2,1-2H3. The molecule has 0 amide bonds. The van der Waals surface area contributed by atoms with E-state index in [1.54, 1.807) is 12.1 Å². The maximum Gasteiger partial charge on any atom is 0.123 e. The largest absolute Gasteiger partial charge is 0.493 e. The first-order valence-corrected chi connectivity index (χ1v) is 7.31. The number of hydrogen-bond acceptors (Lipinski definition) is 2. The van der Waals surface area contributed by atoms with Gasteiger partial charge in [-0.25, -0.2) is 4.39 Å². The molecule has 0 saturated heterocycles. The molecule has 1 N–H and O–H groups in total. The molecule has 0 unspecified atom stereocenters. The highest BCUT2D eigenvalue weighted by Crippen LogP contribution is 2.18. The topological polar surface area (TPSA) is 21.3 Å². The highest BCUT2D eigenvalue weighted by Gasteiger charge is 2.04. The van der Waals surface area contributed by atoms with Gasteiger partial charge in [0, 0.05) is 18.7 Å². The van der Waals surface area contributed by atoms with Gasteiger partial charge >= 0.3 is 0 Å². The average molecular weight is 287 g/mol. The molecule has 0 spiro atoms. The fourth-order valence-corrected chi connectivity index (χ4v) is 1.99. The van der Waals surface area contributed by atoms with Crippen molar-refractivity contribution in [1.82, 2.24) is 5.32 Å². The highest BCUT2D eigenvalue weighted by molar-refractivity contribution is 5.33. The van der Waals surface area contributed by atoms with Gasteiger partial charge in [0.15, 0.2) is 0 Å². The molecule has 0 aliphatic rings. The molecule has 2 rings (SSSR count). The van der Waals surface area contributed by atoms with Gasteiger partial charge in [0.25, 0.3) is 0 Å². The first-order valence-electron chi connectivity index (χ1n) is 7.31. The van der Waals surface area contributed by atoms with E-state index < -0.39 is 0 Å². The van der Waals surface area contributed by atoms with E-state index in [0.29, 0.717) is 12.5 Å². The first kappa shape index (κ1) is 15.5. The van der Waals surface area contributed by atoms with Crippen LogP contribution in [0, 0.1) is 11.7 Å². The zero-order valence-corrected chi connectivity index (χ0v) is 12.6. The Morgan fingerprint density at radius 1 is 1.00 bits per heavy atom. The van der Waals surface area contributed by atoms with E-state index in [2.05, 4.69) is 25.2 Å². The van der Waals surface area contributed by atoms with Crippen LogP contribution in [0.1, 0.15) is 25.0 Å². The minimum absolute atomic E-state index is 0.203. The Kier molecular flexibility index (Phi) is 5.76. The normalized spacial score (nSPS) is 10.9. The van der Waals surface area contributed by atoms with Crippen LogP contribution in [0.5, 0.6) is 5.75 Å². The van der Waals surface area contributed by atoms with Gasteiger partial charge in [-0.2, -0.15) is 0 Å². The van der Waals surface area contributed by atoms with Crippen molar-refractivity contribution >= 4 is 0 Å². The Bertz CT molecular complexity index is 551. The molecule has 0 fully saturated rings. The fraction of sp³-hybridized carbons (Fsp3) is 0.333. The molecule has 0 radical (unpaired) electrons. The van der Waals surface area contributed by atoms with Crippen molar-refractivity contribution in [3.63, 3.8) is 0 Å². The number of ether oxygens (including phenoxy) is 1. The summed E-state index contributed by atoms with van der Waals surface area (Å²) >= 11 is 0. The monoisotopic (exact) mass is 287 g/mol. The molecule has 0 heterocycles. The van der Waals surface area contributed by atoms with Crippen molar-refractivity contribution in [1.29, 1.82) is 0 Å². The van der Waals surface area contributed by atoms with Gasteiger partial charge in [-0.05, 0) is 29.7 Å². The smallest absolute Gasteiger partial charge is 0.123 e. The van der Waals surface area contributed by atoms with Crippen LogP contribution in [0.15, 0.2) is 48.5 Å². The highest BCUT2D eigenvalue weighted by atomic mass is 19.1. The number of nitrogens with one attached hydrogen (secondary N) is 1. The zero-order chi connectivity index (χ0) is 15.1. The third-order valence-electron chi connectivity index (χ3n) is 3.10. The van der Waals surface area contributed by atoms with Crippen LogP contribution in [0.25, 0.3) is 0 Å². The molecule has 2 aromatic rings. The third kappa shape index (κ3) is 5.20. The summed E-state index contributed by atoms with van der Waals surface area (Å²) in [5.41, 5.74) is 2.21. The fourth-order valence-electron chi connectivity index (χ4n) is 1.99. The first-order chi connectivity index (χ1) is 10.1. The molecule has 2 aromatic carbocycles. The SMILES string of the molecule is CC(C)COc1ccccc1CNCc1ccc(F)cc1. The predicted octanol–water partition coefficient (Wildman–Crippen LogP) is 4.15. The van der Waals surface area contributed by atoms with Gasteiger partial charge in [-0.1, -0.05) is 44.2 Å². The van der Waals surface area contributed by atoms with E-state index in [4.69, 9.17) is 4.74 Å². The van der Waals surface area contributed by atoms with Crippen molar-refractivity contribution in [3.05, 3.63) is 65.5 Å². The van der Waals surface area contributed by atoms with Crippen LogP contribution < -0.4 is 10.1 Å². The van der Waals surface area contributed by atoms with Crippen molar-refractivity contribution < 1.29 is 9.13 Å². The summed E-state index contributed by atoms with van der Waals surface area (Å²) in [4.78, 5) is 0. The van der Waals surface area contributed by atoms with Crippen molar-refractivity contribution in [2.45, 2.75) is 26.9 Å². The molecular formula is C18H22FNO.